The van der Waals surface area contributed by atoms with Crippen molar-refractivity contribution in [2.75, 3.05) is 24.5 Å². The first-order chi connectivity index (χ1) is 14.6. The van der Waals surface area contributed by atoms with Gasteiger partial charge in [-0.15, -0.1) is 0 Å². The zero-order chi connectivity index (χ0) is 20.7. The van der Waals surface area contributed by atoms with Crippen molar-refractivity contribution < 1.29 is 4.39 Å². The fraction of sp³-hybridized carbons (Fsp3) is 0.391. The first kappa shape index (κ1) is 19.1. The minimum absolute atomic E-state index is 0.209. The predicted octanol–water partition coefficient (Wildman–Crippen LogP) is 2.57. The summed E-state index contributed by atoms with van der Waals surface area (Å²) >= 11 is 0. The van der Waals surface area contributed by atoms with Gasteiger partial charge < -0.3 is 9.88 Å². The number of fused-ring (bicyclic) bond motifs is 3. The van der Waals surface area contributed by atoms with E-state index in [1.807, 2.05) is 24.3 Å². The van der Waals surface area contributed by atoms with Crippen molar-refractivity contribution in [2.24, 2.45) is 0 Å². The van der Waals surface area contributed by atoms with Crippen LogP contribution in [0.2, 0.25) is 0 Å². The van der Waals surface area contributed by atoms with Crippen LogP contribution < -0.4 is 16.1 Å². The van der Waals surface area contributed by atoms with Crippen molar-refractivity contribution in [1.29, 1.82) is 0 Å². The van der Waals surface area contributed by atoms with E-state index in [1.165, 1.54) is 16.7 Å². The lowest BCUT2D eigenvalue weighted by Gasteiger charge is -2.42. The van der Waals surface area contributed by atoms with Crippen LogP contribution in [-0.4, -0.2) is 46.2 Å². The second kappa shape index (κ2) is 7.72. The number of piperazine rings is 1. The number of anilines is 1. The summed E-state index contributed by atoms with van der Waals surface area (Å²) in [7, 11) is 0. The van der Waals surface area contributed by atoms with Crippen molar-refractivity contribution in [2.45, 2.75) is 37.9 Å². The van der Waals surface area contributed by atoms with Gasteiger partial charge in [0.2, 0.25) is 0 Å². The summed E-state index contributed by atoms with van der Waals surface area (Å²) in [6.07, 6.45) is 3.06. The number of nitrogens with one attached hydrogen (secondary N) is 1. The van der Waals surface area contributed by atoms with Gasteiger partial charge in [-0.1, -0.05) is 12.1 Å². The molecule has 0 saturated carbocycles. The van der Waals surface area contributed by atoms with Crippen LogP contribution in [0.25, 0.3) is 10.9 Å². The number of halogens is 1. The summed E-state index contributed by atoms with van der Waals surface area (Å²) in [5.41, 5.74) is 1.09. The van der Waals surface area contributed by atoms with Gasteiger partial charge in [-0.25, -0.2) is 9.18 Å². The molecule has 2 saturated heterocycles. The molecule has 7 heteroatoms. The molecule has 2 unspecified atom stereocenters. The zero-order valence-electron chi connectivity index (χ0n) is 16.8. The monoisotopic (exact) mass is 408 g/mol. The van der Waals surface area contributed by atoms with Crippen LogP contribution in [-0.2, 0) is 6.54 Å². The predicted molar refractivity (Wildman–Crippen MR) is 116 cm³/mol. The van der Waals surface area contributed by atoms with E-state index in [0.29, 0.717) is 29.5 Å². The Morgan fingerprint density at radius 1 is 0.933 bits per heavy atom. The number of hydrogen-bond donors (Lipinski definition) is 1. The van der Waals surface area contributed by atoms with E-state index < -0.39 is 0 Å². The largest absolute Gasteiger partial charge is 0.368 e. The van der Waals surface area contributed by atoms with Gasteiger partial charge in [0.15, 0.2) is 0 Å². The van der Waals surface area contributed by atoms with E-state index in [0.717, 1.165) is 44.6 Å². The number of hydrogen-bond acceptors (Lipinski definition) is 4. The smallest absolute Gasteiger partial charge is 0.328 e. The highest BCUT2D eigenvalue weighted by atomic mass is 19.1. The molecule has 1 N–H and O–H groups in total. The maximum Gasteiger partial charge on any atom is 0.328 e. The van der Waals surface area contributed by atoms with E-state index in [2.05, 4.69) is 14.8 Å². The molecule has 0 aliphatic carbocycles. The summed E-state index contributed by atoms with van der Waals surface area (Å²) < 4.78 is 14.5. The lowest BCUT2D eigenvalue weighted by molar-refractivity contribution is 0.164. The second-order valence-electron chi connectivity index (χ2n) is 8.29. The molecule has 30 heavy (non-hydrogen) atoms. The summed E-state index contributed by atoms with van der Waals surface area (Å²) in [4.78, 5) is 32.7. The highest BCUT2D eigenvalue weighted by molar-refractivity contribution is 5.76. The van der Waals surface area contributed by atoms with Gasteiger partial charge in [-0.05, 0) is 55.7 Å². The molecule has 6 nitrogen and oxygen atoms in total. The van der Waals surface area contributed by atoms with Gasteiger partial charge in [0.1, 0.15) is 5.82 Å². The third-order valence-electron chi connectivity index (χ3n) is 6.51. The Hall–Kier alpha value is -2.93. The third kappa shape index (κ3) is 3.43. The number of rotatable bonds is 5. The van der Waals surface area contributed by atoms with Crippen LogP contribution in [0, 0.1) is 5.82 Å². The highest BCUT2D eigenvalue weighted by Gasteiger charge is 2.39. The molecule has 5 rings (SSSR count). The van der Waals surface area contributed by atoms with Gasteiger partial charge >= 0.3 is 5.69 Å². The Balaban J connectivity index is 1.25. The Labute approximate surface area is 173 Å². The quantitative estimate of drug-likeness (QED) is 0.705. The molecular formula is C23H25FN4O2. The lowest BCUT2D eigenvalue weighted by atomic mass is 10.1. The van der Waals surface area contributed by atoms with E-state index in [-0.39, 0.29) is 17.1 Å². The SMILES string of the molecule is O=c1[nH]c2ccccc2c(=O)n1CCCN1C2CCC1CN(c1ccc(F)cc1)C2. The topological polar surface area (TPSA) is 61.3 Å². The number of aromatic nitrogens is 2. The number of benzene rings is 2. The van der Waals surface area contributed by atoms with Crippen LogP contribution in [0.15, 0.2) is 58.1 Å². The Bertz CT molecular complexity index is 1160. The lowest BCUT2D eigenvalue weighted by Crippen LogP contribution is -2.54. The molecule has 2 fully saturated rings. The van der Waals surface area contributed by atoms with Crippen LogP contribution >= 0.6 is 0 Å². The first-order valence-corrected chi connectivity index (χ1v) is 10.6. The summed E-state index contributed by atoms with van der Waals surface area (Å²) in [6.45, 7) is 3.14. The molecule has 2 aromatic carbocycles. The minimum atomic E-state index is -0.345. The van der Waals surface area contributed by atoms with Crippen molar-refractivity contribution in [3.63, 3.8) is 0 Å². The summed E-state index contributed by atoms with van der Waals surface area (Å²) in [6, 6.07) is 14.8. The molecule has 0 spiro atoms. The molecule has 1 aromatic heterocycles. The van der Waals surface area contributed by atoms with Crippen molar-refractivity contribution in [3.8, 4) is 0 Å². The minimum Gasteiger partial charge on any atom is -0.368 e. The Kier molecular flexibility index (Phi) is 4.90. The summed E-state index contributed by atoms with van der Waals surface area (Å²) in [5.74, 6) is -0.209. The van der Waals surface area contributed by atoms with E-state index in [1.54, 1.807) is 12.1 Å². The van der Waals surface area contributed by atoms with Gasteiger partial charge in [-0.3, -0.25) is 14.3 Å². The number of H-pyrrole nitrogens is 1. The normalized spacial score (nSPS) is 21.4. The fourth-order valence-electron chi connectivity index (χ4n) is 5.03. The second-order valence-corrected chi connectivity index (χ2v) is 8.29. The standard InChI is InChI=1S/C23H25FN4O2/c24-16-6-8-17(9-7-16)26-14-18-10-11-19(15-26)27(18)12-3-13-28-22(29)20-4-1-2-5-21(20)25-23(28)30/h1-2,4-9,18-19H,3,10-15H2,(H,25,30). The molecule has 2 aliphatic heterocycles. The van der Waals surface area contributed by atoms with E-state index >= 15 is 0 Å². The Morgan fingerprint density at radius 3 is 2.37 bits per heavy atom. The van der Waals surface area contributed by atoms with E-state index in [4.69, 9.17) is 0 Å². The van der Waals surface area contributed by atoms with Gasteiger partial charge in [0.25, 0.3) is 5.56 Å². The number of para-hydroxylation sites is 1. The van der Waals surface area contributed by atoms with Crippen molar-refractivity contribution in [1.82, 2.24) is 14.5 Å². The van der Waals surface area contributed by atoms with Crippen LogP contribution in [0.1, 0.15) is 19.3 Å². The highest BCUT2D eigenvalue weighted by Crippen LogP contribution is 2.32. The number of aromatic amines is 1. The van der Waals surface area contributed by atoms with Crippen LogP contribution in [0.4, 0.5) is 10.1 Å². The molecule has 3 aromatic rings. The zero-order valence-corrected chi connectivity index (χ0v) is 16.8. The van der Waals surface area contributed by atoms with Gasteiger partial charge in [0.05, 0.1) is 10.9 Å². The molecular weight excluding hydrogens is 383 g/mol. The molecule has 2 aliphatic rings. The molecule has 156 valence electrons. The van der Waals surface area contributed by atoms with Crippen molar-refractivity contribution in [3.05, 3.63) is 75.2 Å². The maximum absolute atomic E-state index is 13.2. The number of nitrogens with zero attached hydrogens (tertiary/aromatic N) is 3. The van der Waals surface area contributed by atoms with Gasteiger partial charge in [-0.2, -0.15) is 0 Å². The molecule has 2 bridgehead atoms. The molecule has 3 heterocycles. The molecule has 0 radical (unpaired) electrons. The average molecular weight is 408 g/mol. The summed E-state index contributed by atoms with van der Waals surface area (Å²) in [5, 5.41) is 0.546. The molecule has 2 atom stereocenters. The van der Waals surface area contributed by atoms with Crippen molar-refractivity contribution >= 4 is 16.6 Å². The molecule has 0 amide bonds. The van der Waals surface area contributed by atoms with Gasteiger partial charge in [0, 0.05) is 44.0 Å². The Morgan fingerprint density at radius 2 is 1.63 bits per heavy atom. The first-order valence-electron chi connectivity index (χ1n) is 10.6. The maximum atomic E-state index is 13.2. The third-order valence-corrected chi connectivity index (χ3v) is 6.51. The fourth-order valence-corrected chi connectivity index (χ4v) is 5.03. The van der Waals surface area contributed by atoms with Crippen LogP contribution in [0.3, 0.4) is 0 Å². The average Bonchev–Trinajstić information content (AvgIpc) is 2.98. The van der Waals surface area contributed by atoms with Crippen LogP contribution in [0.5, 0.6) is 0 Å². The van der Waals surface area contributed by atoms with E-state index in [9.17, 15) is 14.0 Å².